The van der Waals surface area contributed by atoms with Crippen LogP contribution in [-0.2, 0) is 12.7 Å². The number of para-hydroxylation sites is 1. The van der Waals surface area contributed by atoms with E-state index in [1.165, 1.54) is 18.3 Å². The summed E-state index contributed by atoms with van der Waals surface area (Å²) in [4.78, 5) is 20.1. The fourth-order valence-corrected chi connectivity index (χ4v) is 3.19. The van der Waals surface area contributed by atoms with Crippen LogP contribution in [0.5, 0.6) is 0 Å². The number of carbonyl (C=O) groups is 1. The number of imidazole rings is 1. The predicted octanol–water partition coefficient (Wildman–Crippen LogP) is 4.99. The summed E-state index contributed by atoms with van der Waals surface area (Å²) in [5.74, 6) is 0.247. The zero-order chi connectivity index (χ0) is 20.6. The molecule has 0 radical (unpaired) electrons. The monoisotopic (exact) mass is 398 g/mol. The Balaban J connectivity index is 1.57. The summed E-state index contributed by atoms with van der Waals surface area (Å²) >= 11 is 0. The topological polar surface area (TPSA) is 62.7 Å². The summed E-state index contributed by atoms with van der Waals surface area (Å²) in [5, 5.41) is 3.75. The highest BCUT2D eigenvalue weighted by Crippen LogP contribution is 2.29. The molecule has 5 nitrogen and oxygen atoms in total. The number of benzene rings is 2. The highest BCUT2D eigenvalue weighted by molar-refractivity contribution is 6.08. The maximum absolute atomic E-state index is 12.8. The lowest BCUT2D eigenvalue weighted by atomic mass is 10.1. The van der Waals surface area contributed by atoms with Gasteiger partial charge in [0.25, 0.3) is 5.91 Å². The Bertz CT molecular complexity index is 1170. The third kappa shape index (κ3) is 3.73. The molecule has 148 valence electrons. The van der Waals surface area contributed by atoms with Gasteiger partial charge in [-0.25, -0.2) is 4.98 Å². The lowest BCUT2D eigenvalue weighted by Crippen LogP contribution is -2.18. The fraction of sp³-hybridized carbons (Fsp3) is 0.143. The predicted molar refractivity (Wildman–Crippen MR) is 104 cm³/mol. The molecule has 2 heterocycles. The number of H-pyrrole nitrogens is 1. The first-order chi connectivity index (χ1) is 13.8. The van der Waals surface area contributed by atoms with Crippen molar-refractivity contribution in [3.63, 3.8) is 0 Å². The van der Waals surface area contributed by atoms with Crippen LogP contribution < -0.4 is 5.32 Å². The van der Waals surface area contributed by atoms with Gasteiger partial charge in [0.15, 0.2) is 0 Å². The van der Waals surface area contributed by atoms with Gasteiger partial charge in [0.1, 0.15) is 11.5 Å². The smallest absolute Gasteiger partial charge is 0.359 e. The van der Waals surface area contributed by atoms with E-state index in [1.54, 1.807) is 17.7 Å². The maximum atomic E-state index is 12.8. The number of aromatic nitrogens is 3. The zero-order valence-corrected chi connectivity index (χ0v) is 15.4. The van der Waals surface area contributed by atoms with Gasteiger partial charge in [-0.3, -0.25) is 4.79 Å². The number of aromatic amines is 1. The summed E-state index contributed by atoms with van der Waals surface area (Å²) in [6, 6.07) is 12.5. The normalized spacial score (nSPS) is 11.7. The van der Waals surface area contributed by atoms with Crippen molar-refractivity contribution in [2.45, 2.75) is 19.6 Å². The number of anilines is 1. The van der Waals surface area contributed by atoms with Gasteiger partial charge < -0.3 is 14.9 Å². The SMILES string of the molecule is Cc1ncc(C(=O)Nc2c[nH]c3ccccc23)n1Cc1ccc(C(F)(F)F)cc1. The highest BCUT2D eigenvalue weighted by Gasteiger charge is 2.30. The van der Waals surface area contributed by atoms with Crippen molar-refractivity contribution in [1.29, 1.82) is 0 Å². The molecule has 29 heavy (non-hydrogen) atoms. The molecule has 0 aliphatic carbocycles. The molecule has 0 atom stereocenters. The van der Waals surface area contributed by atoms with Gasteiger partial charge in [-0.2, -0.15) is 13.2 Å². The van der Waals surface area contributed by atoms with Crippen LogP contribution in [0.3, 0.4) is 0 Å². The fourth-order valence-electron chi connectivity index (χ4n) is 3.19. The zero-order valence-electron chi connectivity index (χ0n) is 15.4. The summed E-state index contributed by atoms with van der Waals surface area (Å²) in [5.41, 5.74) is 1.80. The maximum Gasteiger partial charge on any atom is 0.416 e. The molecular formula is C21H17F3N4O. The van der Waals surface area contributed by atoms with Crippen LogP contribution in [0, 0.1) is 6.92 Å². The van der Waals surface area contributed by atoms with Gasteiger partial charge in [-0.15, -0.1) is 0 Å². The number of halogens is 3. The third-order valence-electron chi connectivity index (χ3n) is 4.75. The molecular weight excluding hydrogens is 381 g/mol. The minimum absolute atomic E-state index is 0.237. The summed E-state index contributed by atoms with van der Waals surface area (Å²) in [7, 11) is 0. The highest BCUT2D eigenvalue weighted by atomic mass is 19.4. The Morgan fingerprint density at radius 1 is 1.14 bits per heavy atom. The van der Waals surface area contributed by atoms with Gasteiger partial charge in [0.05, 0.1) is 17.4 Å². The lowest BCUT2D eigenvalue weighted by Gasteiger charge is -2.12. The molecule has 0 saturated carbocycles. The molecule has 0 fully saturated rings. The van der Waals surface area contributed by atoms with Gasteiger partial charge in [-0.1, -0.05) is 30.3 Å². The van der Waals surface area contributed by atoms with Crippen LogP contribution in [0.15, 0.2) is 60.9 Å². The molecule has 0 saturated heterocycles. The first-order valence-electron chi connectivity index (χ1n) is 8.88. The average Bonchev–Trinajstić information content (AvgIpc) is 3.26. The Hall–Kier alpha value is -3.55. The van der Waals surface area contributed by atoms with E-state index in [9.17, 15) is 18.0 Å². The van der Waals surface area contributed by atoms with Crippen molar-refractivity contribution in [3.05, 3.63) is 83.6 Å². The number of hydrogen-bond donors (Lipinski definition) is 2. The number of amides is 1. The van der Waals surface area contributed by atoms with Crippen molar-refractivity contribution in [1.82, 2.24) is 14.5 Å². The molecule has 4 rings (SSSR count). The Morgan fingerprint density at radius 3 is 2.59 bits per heavy atom. The first-order valence-corrected chi connectivity index (χ1v) is 8.88. The summed E-state index contributed by atoms with van der Waals surface area (Å²) in [6.45, 7) is 1.98. The second kappa shape index (κ2) is 7.12. The van der Waals surface area contributed by atoms with Crippen LogP contribution in [0.25, 0.3) is 10.9 Å². The first kappa shape index (κ1) is 18.8. The van der Waals surface area contributed by atoms with E-state index in [1.807, 2.05) is 24.3 Å². The molecule has 2 N–H and O–H groups in total. The van der Waals surface area contributed by atoms with Crippen LogP contribution in [0.2, 0.25) is 0 Å². The molecule has 2 aromatic carbocycles. The third-order valence-corrected chi connectivity index (χ3v) is 4.75. The second-order valence-corrected chi connectivity index (χ2v) is 6.67. The van der Waals surface area contributed by atoms with E-state index in [4.69, 9.17) is 0 Å². The Labute approximate surface area is 164 Å². The van der Waals surface area contributed by atoms with Gasteiger partial charge in [0, 0.05) is 23.6 Å². The molecule has 2 aromatic heterocycles. The Morgan fingerprint density at radius 2 is 1.86 bits per heavy atom. The minimum Gasteiger partial charge on any atom is -0.359 e. The largest absolute Gasteiger partial charge is 0.416 e. The number of nitrogens with one attached hydrogen (secondary N) is 2. The number of rotatable bonds is 4. The summed E-state index contributed by atoms with van der Waals surface area (Å²) < 4.78 is 39.9. The van der Waals surface area contributed by atoms with Crippen molar-refractivity contribution >= 4 is 22.5 Å². The molecule has 0 unspecified atom stereocenters. The molecule has 0 spiro atoms. The van der Waals surface area contributed by atoms with Gasteiger partial charge >= 0.3 is 6.18 Å². The van der Waals surface area contributed by atoms with Gasteiger partial charge in [0.2, 0.25) is 0 Å². The van der Waals surface area contributed by atoms with Crippen LogP contribution in [0.4, 0.5) is 18.9 Å². The van der Waals surface area contributed by atoms with E-state index < -0.39 is 11.7 Å². The van der Waals surface area contributed by atoms with E-state index in [-0.39, 0.29) is 12.5 Å². The molecule has 8 heteroatoms. The van der Waals surface area contributed by atoms with Crippen molar-refractivity contribution in [3.8, 4) is 0 Å². The van der Waals surface area contributed by atoms with Crippen LogP contribution >= 0.6 is 0 Å². The molecule has 1 amide bonds. The van der Waals surface area contributed by atoms with Crippen LogP contribution in [0.1, 0.15) is 27.4 Å². The average molecular weight is 398 g/mol. The Kier molecular flexibility index (Phi) is 4.62. The van der Waals surface area contributed by atoms with Crippen molar-refractivity contribution < 1.29 is 18.0 Å². The number of carbonyl (C=O) groups excluding carboxylic acids is 1. The number of alkyl halides is 3. The number of hydrogen-bond acceptors (Lipinski definition) is 2. The van der Waals surface area contributed by atoms with Crippen molar-refractivity contribution in [2.75, 3.05) is 5.32 Å². The standard InChI is InChI=1S/C21H17F3N4O/c1-13-25-11-19(20(29)27-18-10-26-17-5-3-2-4-16(17)18)28(13)12-14-6-8-15(9-7-14)21(22,23)24/h2-11,26H,12H2,1H3,(H,27,29). The quantitative estimate of drug-likeness (QED) is 0.509. The second-order valence-electron chi connectivity index (χ2n) is 6.67. The van der Waals surface area contributed by atoms with E-state index in [2.05, 4.69) is 15.3 Å². The lowest BCUT2D eigenvalue weighted by molar-refractivity contribution is -0.137. The molecule has 0 aliphatic heterocycles. The van der Waals surface area contributed by atoms with E-state index >= 15 is 0 Å². The molecule has 4 aromatic rings. The van der Waals surface area contributed by atoms with E-state index in [0.717, 1.165) is 23.0 Å². The summed E-state index contributed by atoms with van der Waals surface area (Å²) in [6.07, 6.45) is -1.20. The van der Waals surface area contributed by atoms with Gasteiger partial charge in [-0.05, 0) is 30.7 Å². The molecule has 0 bridgehead atoms. The number of fused-ring (bicyclic) bond motifs is 1. The van der Waals surface area contributed by atoms with E-state index in [0.29, 0.717) is 22.8 Å². The van der Waals surface area contributed by atoms with Crippen LogP contribution in [-0.4, -0.2) is 20.4 Å². The minimum atomic E-state index is -4.38. The van der Waals surface area contributed by atoms with Crippen molar-refractivity contribution in [2.24, 2.45) is 0 Å². The number of nitrogens with zero attached hydrogens (tertiary/aromatic N) is 2. The number of aryl methyl sites for hydroxylation is 1. The molecule has 0 aliphatic rings.